The molecule has 0 unspecified atom stereocenters. The average molecular weight is 556 g/mol. The normalized spacial score (nSPS) is 14.9. The molecule has 0 aliphatic carbocycles. The number of hydrogen-bond donors (Lipinski definition) is 2. The summed E-state index contributed by atoms with van der Waals surface area (Å²) < 4.78 is 18.9. The quantitative estimate of drug-likeness (QED) is 0.211. The fourth-order valence-corrected chi connectivity index (χ4v) is 3.40. The Balaban J connectivity index is 0.00000450. The molecule has 1 saturated heterocycles. The number of guanidine groups is 1. The molecule has 1 heterocycles. The van der Waals surface area contributed by atoms with Gasteiger partial charge in [0.05, 0.1) is 13.2 Å². The first kappa shape index (κ1) is 26.9. The summed E-state index contributed by atoms with van der Waals surface area (Å²) in [5.41, 5.74) is 0.498. The molecule has 2 N–H and O–H groups in total. The summed E-state index contributed by atoms with van der Waals surface area (Å²) in [6, 6.07) is 4.71. The summed E-state index contributed by atoms with van der Waals surface area (Å²) in [7, 11) is 1.61. The number of nitrogens with one attached hydrogen (secondary N) is 2. The number of ether oxygens (including phenoxy) is 1. The second-order valence-electron chi connectivity index (χ2n) is 6.79. The van der Waals surface area contributed by atoms with Crippen LogP contribution in [0.4, 0.5) is 4.39 Å². The van der Waals surface area contributed by atoms with Gasteiger partial charge < -0.3 is 20.3 Å². The molecular weight excluding hydrogens is 524 g/mol. The number of piperazine rings is 1. The molecule has 1 aromatic rings. The number of halogens is 3. The third-order valence-corrected chi connectivity index (χ3v) is 5.04. The molecule has 170 valence electrons. The van der Waals surface area contributed by atoms with E-state index in [-0.39, 0.29) is 35.7 Å². The third-order valence-electron chi connectivity index (χ3n) is 4.69. The van der Waals surface area contributed by atoms with Crippen LogP contribution in [0, 0.1) is 5.82 Å². The number of methoxy groups -OCH3 is 1. The molecule has 0 saturated carbocycles. The topological polar surface area (TPSA) is 69.2 Å². The molecule has 1 fully saturated rings. The number of nitrogens with zero attached hydrogens (tertiary/aromatic N) is 3. The minimum absolute atomic E-state index is 0. The molecule has 1 aromatic carbocycles. The second kappa shape index (κ2) is 14.8. The van der Waals surface area contributed by atoms with Crippen LogP contribution in [0.5, 0.6) is 0 Å². The van der Waals surface area contributed by atoms with Gasteiger partial charge in [0.25, 0.3) is 0 Å². The summed E-state index contributed by atoms with van der Waals surface area (Å²) in [5, 5.41) is 6.57. The number of amides is 1. The second-order valence-corrected chi connectivity index (χ2v) is 7.20. The van der Waals surface area contributed by atoms with Crippen LogP contribution >= 0.6 is 35.6 Å². The van der Waals surface area contributed by atoms with Crippen molar-refractivity contribution >= 4 is 47.4 Å². The zero-order chi connectivity index (χ0) is 21.1. The van der Waals surface area contributed by atoms with E-state index in [4.69, 9.17) is 16.3 Å². The van der Waals surface area contributed by atoms with Crippen LogP contribution in [0.3, 0.4) is 0 Å². The van der Waals surface area contributed by atoms with Gasteiger partial charge in [0.2, 0.25) is 5.91 Å². The van der Waals surface area contributed by atoms with E-state index in [2.05, 4.69) is 25.4 Å². The van der Waals surface area contributed by atoms with E-state index in [1.54, 1.807) is 19.2 Å². The van der Waals surface area contributed by atoms with E-state index in [9.17, 15) is 9.18 Å². The van der Waals surface area contributed by atoms with Crippen LogP contribution in [0.25, 0.3) is 0 Å². The molecule has 1 aliphatic heterocycles. The highest BCUT2D eigenvalue weighted by Crippen LogP contribution is 2.19. The molecule has 1 amide bonds. The fourth-order valence-electron chi connectivity index (χ4n) is 3.14. The summed E-state index contributed by atoms with van der Waals surface area (Å²) >= 11 is 6.09. The minimum Gasteiger partial charge on any atom is -0.383 e. The van der Waals surface area contributed by atoms with Gasteiger partial charge >= 0.3 is 0 Å². The zero-order valence-electron chi connectivity index (χ0n) is 17.6. The molecule has 0 aromatic heterocycles. The van der Waals surface area contributed by atoms with E-state index in [0.29, 0.717) is 43.2 Å². The maximum Gasteiger partial charge on any atom is 0.234 e. The lowest BCUT2D eigenvalue weighted by Crippen LogP contribution is -2.54. The van der Waals surface area contributed by atoms with Crippen LogP contribution in [0.1, 0.15) is 12.5 Å². The van der Waals surface area contributed by atoms with E-state index in [0.717, 1.165) is 38.7 Å². The molecular formula is C20H32ClFIN5O2. The molecule has 10 heteroatoms. The molecule has 0 bridgehead atoms. The Labute approximate surface area is 200 Å². The lowest BCUT2D eigenvalue weighted by Gasteiger charge is -2.36. The summed E-state index contributed by atoms with van der Waals surface area (Å²) in [6.45, 7) is 7.75. The summed E-state index contributed by atoms with van der Waals surface area (Å²) in [6.07, 6.45) is 0.446. The Bertz CT molecular complexity index is 667. The highest BCUT2D eigenvalue weighted by molar-refractivity contribution is 14.0. The van der Waals surface area contributed by atoms with Crippen molar-refractivity contribution in [3.05, 3.63) is 34.6 Å². The van der Waals surface area contributed by atoms with Crippen molar-refractivity contribution in [2.24, 2.45) is 4.99 Å². The predicted molar refractivity (Wildman–Crippen MR) is 129 cm³/mol. The van der Waals surface area contributed by atoms with Gasteiger partial charge in [-0.1, -0.05) is 17.7 Å². The van der Waals surface area contributed by atoms with Crippen LogP contribution in [-0.4, -0.2) is 87.7 Å². The first-order chi connectivity index (χ1) is 14.0. The van der Waals surface area contributed by atoms with Crippen LogP contribution in [0.2, 0.25) is 5.02 Å². The van der Waals surface area contributed by atoms with Crippen LogP contribution in [0.15, 0.2) is 23.2 Å². The number of hydrogen-bond acceptors (Lipinski definition) is 4. The number of rotatable bonds is 9. The molecule has 30 heavy (non-hydrogen) atoms. The van der Waals surface area contributed by atoms with Gasteiger partial charge in [-0.25, -0.2) is 4.39 Å². The van der Waals surface area contributed by atoms with E-state index in [1.807, 2.05) is 6.92 Å². The molecule has 1 aliphatic rings. The number of benzene rings is 1. The van der Waals surface area contributed by atoms with Crippen molar-refractivity contribution in [2.75, 3.05) is 66.1 Å². The largest absolute Gasteiger partial charge is 0.383 e. The summed E-state index contributed by atoms with van der Waals surface area (Å²) in [4.78, 5) is 20.9. The van der Waals surface area contributed by atoms with Gasteiger partial charge in [-0.05, 0) is 25.5 Å². The highest BCUT2D eigenvalue weighted by atomic mass is 127. The van der Waals surface area contributed by atoms with Gasteiger partial charge in [0, 0.05) is 63.5 Å². The Morgan fingerprint density at radius 3 is 2.63 bits per heavy atom. The smallest absolute Gasteiger partial charge is 0.234 e. The lowest BCUT2D eigenvalue weighted by molar-refractivity contribution is -0.122. The van der Waals surface area contributed by atoms with Gasteiger partial charge in [0.15, 0.2) is 5.96 Å². The number of aliphatic imine (C=N–C) groups is 1. The zero-order valence-corrected chi connectivity index (χ0v) is 20.7. The van der Waals surface area contributed by atoms with Crippen molar-refractivity contribution in [2.45, 2.75) is 13.3 Å². The molecule has 7 nitrogen and oxygen atoms in total. The van der Waals surface area contributed by atoms with E-state index < -0.39 is 0 Å². The Hall–Kier alpha value is -1.17. The first-order valence-electron chi connectivity index (χ1n) is 9.99. The summed E-state index contributed by atoms with van der Waals surface area (Å²) in [5.74, 6) is 0.525. The Kier molecular flexibility index (Phi) is 13.2. The van der Waals surface area contributed by atoms with Crippen LogP contribution in [-0.2, 0) is 16.0 Å². The molecule has 0 radical (unpaired) electrons. The van der Waals surface area contributed by atoms with Crippen molar-refractivity contribution in [1.29, 1.82) is 0 Å². The molecule has 0 spiro atoms. The molecule has 0 atom stereocenters. The van der Waals surface area contributed by atoms with Crippen molar-refractivity contribution in [1.82, 2.24) is 20.4 Å². The van der Waals surface area contributed by atoms with E-state index >= 15 is 0 Å². The van der Waals surface area contributed by atoms with Gasteiger partial charge in [-0.15, -0.1) is 24.0 Å². The monoisotopic (exact) mass is 555 g/mol. The average Bonchev–Trinajstić information content (AvgIpc) is 2.70. The standard InChI is InChI=1S/C20H31ClFN5O2.HI/c1-3-23-20(25-8-7-16-17(21)5-4-6-18(16)22)27-12-10-26(11-13-27)15-19(28)24-9-14-29-2;/h4-6H,3,7-15H2,1-2H3,(H,23,25)(H,24,28);1H. The maximum atomic E-state index is 13.9. The van der Waals surface area contributed by atoms with Crippen LogP contribution < -0.4 is 10.6 Å². The highest BCUT2D eigenvalue weighted by Gasteiger charge is 2.21. The lowest BCUT2D eigenvalue weighted by atomic mass is 10.1. The van der Waals surface area contributed by atoms with Crippen molar-refractivity contribution in [3.8, 4) is 0 Å². The maximum absolute atomic E-state index is 13.9. The predicted octanol–water partition coefficient (Wildman–Crippen LogP) is 1.99. The first-order valence-corrected chi connectivity index (χ1v) is 10.4. The SMILES string of the molecule is CCNC(=NCCc1c(F)cccc1Cl)N1CCN(CC(=O)NCCOC)CC1.I. The van der Waals surface area contributed by atoms with Gasteiger partial charge in [-0.2, -0.15) is 0 Å². The Morgan fingerprint density at radius 1 is 1.27 bits per heavy atom. The van der Waals surface area contributed by atoms with E-state index in [1.165, 1.54) is 6.07 Å². The van der Waals surface area contributed by atoms with Crippen molar-refractivity contribution < 1.29 is 13.9 Å². The van der Waals surface area contributed by atoms with Crippen molar-refractivity contribution in [3.63, 3.8) is 0 Å². The number of carbonyl (C=O) groups is 1. The molecule has 2 rings (SSSR count). The fraction of sp³-hybridized carbons (Fsp3) is 0.600. The van der Waals surface area contributed by atoms with Gasteiger partial charge in [-0.3, -0.25) is 14.7 Å². The number of carbonyl (C=O) groups excluding carboxylic acids is 1. The third kappa shape index (κ3) is 8.91. The minimum atomic E-state index is -0.296. The Morgan fingerprint density at radius 2 is 2.00 bits per heavy atom. The van der Waals surface area contributed by atoms with Gasteiger partial charge in [0.1, 0.15) is 5.82 Å².